The second kappa shape index (κ2) is 6.76. The van der Waals surface area contributed by atoms with Crippen LogP contribution in [0.3, 0.4) is 0 Å². The van der Waals surface area contributed by atoms with E-state index in [0.717, 1.165) is 24.2 Å². The van der Waals surface area contributed by atoms with Crippen molar-refractivity contribution in [2.45, 2.75) is 46.6 Å². The van der Waals surface area contributed by atoms with Gasteiger partial charge in [0.25, 0.3) is 0 Å². The highest BCUT2D eigenvalue weighted by atomic mass is 16.5. The van der Waals surface area contributed by atoms with Gasteiger partial charge in [0.15, 0.2) is 0 Å². The molecule has 3 heteroatoms. The molecule has 3 nitrogen and oxygen atoms in total. The molecule has 1 atom stereocenters. The molecule has 0 spiro atoms. The minimum atomic E-state index is 0.213. The van der Waals surface area contributed by atoms with Crippen molar-refractivity contribution in [1.82, 2.24) is 5.43 Å². The number of benzene rings is 1. The predicted octanol–water partition coefficient (Wildman–Crippen LogP) is 3.25. The quantitative estimate of drug-likeness (QED) is 0.602. The first-order valence-corrected chi connectivity index (χ1v) is 6.70. The summed E-state index contributed by atoms with van der Waals surface area (Å²) >= 11 is 0. The maximum absolute atomic E-state index is 5.77. The number of ether oxygens (including phenoxy) is 1. The molecule has 1 unspecified atom stereocenters. The molecule has 1 rings (SSSR count). The molecular formula is C15H26N2O. The zero-order chi connectivity index (χ0) is 13.7. The average molecular weight is 250 g/mol. The molecule has 102 valence electrons. The standard InChI is InChI=1S/C15H26N2O/c1-6-12(7-2)15(17-16)13-8-11(4)14(18-5)9-10(13)3/h8-9,12,15,17H,6-7,16H2,1-5H3. The summed E-state index contributed by atoms with van der Waals surface area (Å²) in [6, 6.07) is 4.50. The molecule has 0 saturated heterocycles. The van der Waals surface area contributed by atoms with Crippen molar-refractivity contribution in [1.29, 1.82) is 0 Å². The Bertz CT molecular complexity index is 386. The van der Waals surface area contributed by atoms with Gasteiger partial charge in [0, 0.05) is 6.04 Å². The van der Waals surface area contributed by atoms with E-state index in [4.69, 9.17) is 10.6 Å². The van der Waals surface area contributed by atoms with Gasteiger partial charge in [-0.05, 0) is 42.5 Å². The van der Waals surface area contributed by atoms with Gasteiger partial charge in [-0.3, -0.25) is 11.3 Å². The second-order valence-corrected chi connectivity index (χ2v) is 4.90. The highest BCUT2D eigenvalue weighted by Gasteiger charge is 2.21. The number of hydrogen-bond donors (Lipinski definition) is 2. The minimum Gasteiger partial charge on any atom is -0.496 e. The van der Waals surface area contributed by atoms with Gasteiger partial charge in [-0.1, -0.05) is 32.8 Å². The smallest absolute Gasteiger partial charge is 0.122 e. The van der Waals surface area contributed by atoms with Crippen LogP contribution in [0.2, 0.25) is 0 Å². The Kier molecular flexibility index (Phi) is 5.63. The number of aryl methyl sites for hydroxylation is 2. The third-order valence-electron chi connectivity index (χ3n) is 3.82. The van der Waals surface area contributed by atoms with E-state index in [1.165, 1.54) is 11.1 Å². The van der Waals surface area contributed by atoms with Crippen LogP contribution in [-0.4, -0.2) is 7.11 Å². The molecule has 0 amide bonds. The van der Waals surface area contributed by atoms with E-state index in [1.54, 1.807) is 7.11 Å². The summed E-state index contributed by atoms with van der Waals surface area (Å²) in [5.74, 6) is 7.26. The molecule has 0 heterocycles. The lowest BCUT2D eigenvalue weighted by Gasteiger charge is -2.27. The largest absolute Gasteiger partial charge is 0.496 e. The number of hydrazine groups is 1. The van der Waals surface area contributed by atoms with Gasteiger partial charge in [-0.25, -0.2) is 0 Å². The van der Waals surface area contributed by atoms with Gasteiger partial charge in [0.05, 0.1) is 7.11 Å². The van der Waals surface area contributed by atoms with Crippen LogP contribution in [0.5, 0.6) is 5.75 Å². The highest BCUT2D eigenvalue weighted by Crippen LogP contribution is 2.32. The van der Waals surface area contributed by atoms with Gasteiger partial charge in [-0.2, -0.15) is 0 Å². The predicted molar refractivity (Wildman–Crippen MR) is 76.6 cm³/mol. The third-order valence-corrected chi connectivity index (χ3v) is 3.82. The van der Waals surface area contributed by atoms with Crippen molar-refractivity contribution in [3.05, 3.63) is 28.8 Å². The molecule has 0 radical (unpaired) electrons. The van der Waals surface area contributed by atoms with Crippen LogP contribution in [-0.2, 0) is 0 Å². The van der Waals surface area contributed by atoms with Crippen LogP contribution in [0, 0.1) is 19.8 Å². The van der Waals surface area contributed by atoms with Crippen LogP contribution in [0.4, 0.5) is 0 Å². The monoisotopic (exact) mass is 250 g/mol. The van der Waals surface area contributed by atoms with Crippen molar-refractivity contribution in [2.24, 2.45) is 11.8 Å². The molecule has 1 aromatic rings. The van der Waals surface area contributed by atoms with Gasteiger partial charge < -0.3 is 4.74 Å². The summed E-state index contributed by atoms with van der Waals surface area (Å²) in [5.41, 5.74) is 6.65. The molecular weight excluding hydrogens is 224 g/mol. The molecule has 1 aromatic carbocycles. The molecule has 0 aliphatic carbocycles. The Morgan fingerprint density at radius 2 is 1.78 bits per heavy atom. The number of nitrogens with two attached hydrogens (primary N) is 1. The third kappa shape index (κ3) is 3.03. The highest BCUT2D eigenvalue weighted by molar-refractivity contribution is 5.43. The fourth-order valence-corrected chi connectivity index (χ4v) is 2.61. The van der Waals surface area contributed by atoms with Crippen LogP contribution < -0.4 is 16.0 Å². The van der Waals surface area contributed by atoms with E-state index in [-0.39, 0.29) is 6.04 Å². The van der Waals surface area contributed by atoms with E-state index >= 15 is 0 Å². The van der Waals surface area contributed by atoms with E-state index in [9.17, 15) is 0 Å². The lowest BCUT2D eigenvalue weighted by Crippen LogP contribution is -2.33. The molecule has 0 aromatic heterocycles. The summed E-state index contributed by atoms with van der Waals surface area (Å²) in [6.45, 7) is 8.61. The number of methoxy groups -OCH3 is 1. The van der Waals surface area contributed by atoms with Gasteiger partial charge in [0.2, 0.25) is 0 Å². The molecule has 0 aliphatic rings. The van der Waals surface area contributed by atoms with Crippen LogP contribution in [0.25, 0.3) is 0 Å². The van der Waals surface area contributed by atoms with Crippen LogP contribution >= 0.6 is 0 Å². The molecule has 0 aliphatic heterocycles. The summed E-state index contributed by atoms with van der Waals surface area (Å²) in [7, 11) is 1.71. The Morgan fingerprint density at radius 3 is 2.22 bits per heavy atom. The summed E-state index contributed by atoms with van der Waals surface area (Å²) in [6.07, 6.45) is 2.24. The zero-order valence-electron chi connectivity index (χ0n) is 12.2. The first-order valence-electron chi connectivity index (χ1n) is 6.70. The van der Waals surface area contributed by atoms with E-state index < -0.39 is 0 Å². The lowest BCUT2D eigenvalue weighted by molar-refractivity contribution is 0.343. The normalized spacial score (nSPS) is 12.8. The van der Waals surface area contributed by atoms with Crippen molar-refractivity contribution < 1.29 is 4.74 Å². The Balaban J connectivity index is 3.17. The van der Waals surface area contributed by atoms with E-state index in [2.05, 4.69) is 45.3 Å². The molecule has 18 heavy (non-hydrogen) atoms. The SMILES string of the molecule is CCC(CC)C(NN)c1cc(C)c(OC)cc1C. The maximum Gasteiger partial charge on any atom is 0.122 e. The topological polar surface area (TPSA) is 47.3 Å². The zero-order valence-corrected chi connectivity index (χ0v) is 12.2. The average Bonchev–Trinajstić information content (AvgIpc) is 2.38. The Hall–Kier alpha value is -1.06. The fraction of sp³-hybridized carbons (Fsp3) is 0.600. The van der Waals surface area contributed by atoms with Crippen molar-refractivity contribution in [3.8, 4) is 5.75 Å². The van der Waals surface area contributed by atoms with Gasteiger partial charge in [-0.15, -0.1) is 0 Å². The first-order chi connectivity index (χ1) is 8.58. The van der Waals surface area contributed by atoms with Crippen LogP contribution in [0.15, 0.2) is 12.1 Å². The molecule has 0 saturated carbocycles. The first kappa shape index (κ1) is 15.0. The van der Waals surface area contributed by atoms with E-state index in [1.807, 2.05) is 0 Å². The van der Waals surface area contributed by atoms with Gasteiger partial charge >= 0.3 is 0 Å². The molecule has 3 N–H and O–H groups in total. The molecule has 0 fully saturated rings. The second-order valence-electron chi connectivity index (χ2n) is 4.90. The molecule has 0 bridgehead atoms. The maximum atomic E-state index is 5.77. The fourth-order valence-electron chi connectivity index (χ4n) is 2.61. The van der Waals surface area contributed by atoms with Crippen molar-refractivity contribution in [2.75, 3.05) is 7.11 Å². The number of rotatable bonds is 6. The number of hydrogen-bond acceptors (Lipinski definition) is 3. The summed E-state index contributed by atoms with van der Waals surface area (Å²) in [5, 5.41) is 0. The lowest BCUT2D eigenvalue weighted by atomic mass is 9.86. The summed E-state index contributed by atoms with van der Waals surface area (Å²) < 4.78 is 5.36. The Morgan fingerprint density at radius 1 is 1.17 bits per heavy atom. The van der Waals surface area contributed by atoms with E-state index in [0.29, 0.717) is 5.92 Å². The van der Waals surface area contributed by atoms with Crippen molar-refractivity contribution >= 4 is 0 Å². The van der Waals surface area contributed by atoms with Crippen LogP contribution in [0.1, 0.15) is 49.4 Å². The summed E-state index contributed by atoms with van der Waals surface area (Å²) in [4.78, 5) is 0. The van der Waals surface area contributed by atoms with Gasteiger partial charge in [0.1, 0.15) is 5.75 Å². The number of nitrogens with one attached hydrogen (secondary N) is 1. The Labute approximate surface area is 111 Å². The van der Waals surface area contributed by atoms with Crippen molar-refractivity contribution in [3.63, 3.8) is 0 Å². The minimum absolute atomic E-state index is 0.213.